The van der Waals surface area contributed by atoms with Crippen LogP contribution in [0.15, 0.2) is 97.1 Å². The van der Waals surface area contributed by atoms with Crippen LogP contribution in [0.2, 0.25) is 0 Å². The summed E-state index contributed by atoms with van der Waals surface area (Å²) in [6.45, 7) is 0. The number of carbonyl (C=O) groups excluding carboxylic acids is 2. The zero-order chi connectivity index (χ0) is 22.3. The molecule has 32 heavy (non-hydrogen) atoms. The Morgan fingerprint density at radius 2 is 1.34 bits per heavy atom. The lowest BCUT2D eigenvalue weighted by molar-refractivity contribution is -0.121. The molecule has 6 heteroatoms. The molecule has 0 saturated heterocycles. The predicted octanol–water partition coefficient (Wildman–Crippen LogP) is 4.39. The molecular weight excluding hydrogens is 418 g/mol. The zero-order valence-corrected chi connectivity index (χ0v) is 18.0. The second kappa shape index (κ2) is 9.85. The third-order valence-electron chi connectivity index (χ3n) is 5.03. The lowest BCUT2D eigenvalue weighted by Gasteiger charge is -2.12. The molecule has 0 fully saturated rings. The minimum absolute atomic E-state index is 0.0217. The Bertz CT molecular complexity index is 1270. The van der Waals surface area contributed by atoms with E-state index in [0.717, 1.165) is 27.5 Å². The van der Waals surface area contributed by atoms with E-state index >= 15 is 0 Å². The van der Waals surface area contributed by atoms with Crippen molar-refractivity contribution < 1.29 is 9.59 Å². The molecule has 0 saturated carbocycles. The topological polar surface area (TPSA) is 70.2 Å². The molecule has 0 radical (unpaired) electrons. The van der Waals surface area contributed by atoms with Crippen LogP contribution >= 0.6 is 12.2 Å². The Morgan fingerprint density at radius 3 is 2.12 bits per heavy atom. The molecule has 0 aromatic heterocycles. The lowest BCUT2D eigenvalue weighted by Crippen LogP contribution is -2.48. The standard InChI is InChI=1S/C26H21N3O2S/c30-24(17-22-11-6-10-20-9-4-5-12-23(20)22)28-29-26(32)27-25(31)21-15-13-19(14-16-21)18-7-2-1-3-8-18/h1-16H,17H2,(H,28,30)(H2,27,29,31,32). The largest absolute Gasteiger partial charge is 0.298 e. The Morgan fingerprint density at radius 1 is 0.688 bits per heavy atom. The smallest absolute Gasteiger partial charge is 0.257 e. The Kier molecular flexibility index (Phi) is 6.53. The van der Waals surface area contributed by atoms with Gasteiger partial charge in [0.1, 0.15) is 0 Å². The summed E-state index contributed by atoms with van der Waals surface area (Å²) in [4.78, 5) is 24.8. The third kappa shape index (κ3) is 5.17. The van der Waals surface area contributed by atoms with Gasteiger partial charge < -0.3 is 0 Å². The monoisotopic (exact) mass is 439 g/mol. The van der Waals surface area contributed by atoms with Crippen molar-refractivity contribution in [3.63, 3.8) is 0 Å². The first-order chi connectivity index (χ1) is 15.6. The predicted molar refractivity (Wildman–Crippen MR) is 131 cm³/mol. The van der Waals surface area contributed by atoms with Gasteiger partial charge in [-0.3, -0.25) is 25.8 Å². The normalized spacial score (nSPS) is 10.4. The average molecular weight is 440 g/mol. The van der Waals surface area contributed by atoms with Crippen molar-refractivity contribution in [1.29, 1.82) is 0 Å². The molecule has 0 unspecified atom stereocenters. The van der Waals surface area contributed by atoms with Crippen LogP contribution in [0.25, 0.3) is 21.9 Å². The van der Waals surface area contributed by atoms with Crippen LogP contribution in [-0.4, -0.2) is 16.9 Å². The molecule has 0 heterocycles. The highest BCUT2D eigenvalue weighted by Gasteiger charge is 2.10. The van der Waals surface area contributed by atoms with Gasteiger partial charge in [0.15, 0.2) is 5.11 Å². The van der Waals surface area contributed by atoms with Crippen LogP contribution in [0, 0.1) is 0 Å². The van der Waals surface area contributed by atoms with Crippen molar-refractivity contribution >= 4 is 39.9 Å². The molecule has 0 atom stereocenters. The van der Waals surface area contributed by atoms with E-state index in [0.29, 0.717) is 5.56 Å². The maximum atomic E-state index is 12.4. The van der Waals surface area contributed by atoms with Gasteiger partial charge in [-0.05, 0) is 51.8 Å². The number of thiocarbonyl (C=S) groups is 1. The minimum atomic E-state index is -0.356. The van der Waals surface area contributed by atoms with Crippen molar-refractivity contribution in [2.24, 2.45) is 0 Å². The van der Waals surface area contributed by atoms with Gasteiger partial charge in [0.2, 0.25) is 5.91 Å². The van der Waals surface area contributed by atoms with E-state index in [-0.39, 0.29) is 23.3 Å². The highest BCUT2D eigenvalue weighted by molar-refractivity contribution is 7.80. The molecule has 0 aliphatic heterocycles. The fraction of sp³-hybridized carbons (Fsp3) is 0.0385. The van der Waals surface area contributed by atoms with Crippen LogP contribution < -0.4 is 16.2 Å². The molecule has 4 aromatic carbocycles. The van der Waals surface area contributed by atoms with E-state index in [1.165, 1.54) is 0 Å². The maximum Gasteiger partial charge on any atom is 0.257 e. The quantitative estimate of drug-likeness (QED) is 0.326. The molecule has 2 amide bonds. The van der Waals surface area contributed by atoms with Gasteiger partial charge in [-0.25, -0.2) is 0 Å². The number of nitrogens with one attached hydrogen (secondary N) is 3. The van der Waals surface area contributed by atoms with Gasteiger partial charge in [-0.2, -0.15) is 0 Å². The first kappa shape index (κ1) is 21.2. The Labute approximate surface area is 191 Å². The van der Waals surface area contributed by atoms with Crippen LogP contribution in [0.1, 0.15) is 15.9 Å². The zero-order valence-electron chi connectivity index (χ0n) is 17.2. The van der Waals surface area contributed by atoms with Gasteiger partial charge >= 0.3 is 0 Å². The summed E-state index contributed by atoms with van der Waals surface area (Å²) in [5.74, 6) is -0.615. The molecule has 0 bridgehead atoms. The number of carbonyl (C=O) groups is 2. The highest BCUT2D eigenvalue weighted by Crippen LogP contribution is 2.20. The van der Waals surface area contributed by atoms with Crippen molar-refractivity contribution in [1.82, 2.24) is 16.2 Å². The third-order valence-corrected chi connectivity index (χ3v) is 5.23. The fourth-order valence-corrected chi connectivity index (χ4v) is 3.59. The number of fused-ring (bicyclic) bond motifs is 1. The molecule has 0 spiro atoms. The van der Waals surface area contributed by atoms with Crippen molar-refractivity contribution in [2.45, 2.75) is 6.42 Å². The average Bonchev–Trinajstić information content (AvgIpc) is 2.84. The van der Waals surface area contributed by atoms with E-state index in [4.69, 9.17) is 12.2 Å². The number of hydrazine groups is 1. The SMILES string of the molecule is O=C(Cc1cccc2ccccc12)NNC(=S)NC(=O)c1ccc(-c2ccccc2)cc1. The van der Waals surface area contributed by atoms with Crippen molar-refractivity contribution in [3.05, 3.63) is 108 Å². The summed E-state index contributed by atoms with van der Waals surface area (Å²) in [6.07, 6.45) is 0.186. The maximum absolute atomic E-state index is 12.4. The van der Waals surface area contributed by atoms with E-state index in [2.05, 4.69) is 16.2 Å². The number of amides is 2. The van der Waals surface area contributed by atoms with Gasteiger partial charge in [0.25, 0.3) is 5.91 Å². The summed E-state index contributed by atoms with van der Waals surface area (Å²) in [5.41, 5.74) is 8.60. The van der Waals surface area contributed by atoms with E-state index in [1.54, 1.807) is 12.1 Å². The number of hydrogen-bond acceptors (Lipinski definition) is 3. The second-order valence-electron chi connectivity index (χ2n) is 7.21. The summed E-state index contributed by atoms with van der Waals surface area (Å²) < 4.78 is 0. The molecule has 0 aliphatic carbocycles. The molecular formula is C26H21N3O2S. The van der Waals surface area contributed by atoms with Gasteiger partial charge in [0, 0.05) is 5.56 Å². The molecule has 5 nitrogen and oxygen atoms in total. The number of rotatable bonds is 4. The van der Waals surface area contributed by atoms with Gasteiger partial charge in [-0.1, -0.05) is 84.9 Å². The summed E-state index contributed by atoms with van der Waals surface area (Å²) in [5, 5.41) is 4.70. The number of benzene rings is 4. The van der Waals surface area contributed by atoms with Crippen LogP contribution in [0.3, 0.4) is 0 Å². The molecule has 4 aromatic rings. The number of hydrogen-bond donors (Lipinski definition) is 3. The fourth-order valence-electron chi connectivity index (χ4n) is 3.44. The second-order valence-corrected chi connectivity index (χ2v) is 7.62. The van der Waals surface area contributed by atoms with E-state index < -0.39 is 0 Å². The molecule has 4 rings (SSSR count). The van der Waals surface area contributed by atoms with Crippen molar-refractivity contribution in [2.75, 3.05) is 0 Å². The first-order valence-corrected chi connectivity index (χ1v) is 10.5. The van der Waals surface area contributed by atoms with Gasteiger partial charge in [-0.15, -0.1) is 0 Å². The summed E-state index contributed by atoms with van der Waals surface area (Å²) in [7, 11) is 0. The van der Waals surface area contributed by atoms with E-state index in [9.17, 15) is 9.59 Å². The van der Waals surface area contributed by atoms with Crippen LogP contribution in [0.5, 0.6) is 0 Å². The minimum Gasteiger partial charge on any atom is -0.298 e. The Hall–Kier alpha value is -4.03. The molecule has 3 N–H and O–H groups in total. The summed E-state index contributed by atoms with van der Waals surface area (Å²) in [6, 6.07) is 30.9. The van der Waals surface area contributed by atoms with Crippen LogP contribution in [-0.2, 0) is 11.2 Å². The molecule has 0 aliphatic rings. The van der Waals surface area contributed by atoms with Crippen molar-refractivity contribution in [3.8, 4) is 11.1 Å². The lowest BCUT2D eigenvalue weighted by atomic mass is 10.0. The first-order valence-electron chi connectivity index (χ1n) is 10.1. The van der Waals surface area contributed by atoms with Gasteiger partial charge in [0.05, 0.1) is 6.42 Å². The summed E-state index contributed by atoms with van der Waals surface area (Å²) >= 11 is 5.13. The van der Waals surface area contributed by atoms with E-state index in [1.807, 2.05) is 84.9 Å². The molecule has 158 valence electrons. The highest BCUT2D eigenvalue weighted by atomic mass is 32.1. The Balaban J connectivity index is 1.29. The van der Waals surface area contributed by atoms with Crippen LogP contribution in [0.4, 0.5) is 0 Å².